The Morgan fingerprint density at radius 1 is 1.19 bits per heavy atom. The standard InChI is InChI=1S/C15H11F2IN2S/c1-8(9-2-4-10(16)5-3-9)20-14-6-11(17)12(18)7-13(14)19-15(20)21/h2-8H,1H3,(H,19,21). The highest BCUT2D eigenvalue weighted by Gasteiger charge is 2.15. The molecule has 1 unspecified atom stereocenters. The van der Waals surface area contributed by atoms with Gasteiger partial charge in [-0.15, -0.1) is 0 Å². The number of hydrogen-bond donors (Lipinski definition) is 1. The molecule has 0 aliphatic carbocycles. The van der Waals surface area contributed by atoms with E-state index in [1.54, 1.807) is 18.2 Å². The van der Waals surface area contributed by atoms with Crippen molar-refractivity contribution < 1.29 is 8.78 Å². The van der Waals surface area contributed by atoms with Crippen molar-refractivity contribution in [2.45, 2.75) is 13.0 Å². The molecule has 6 heteroatoms. The van der Waals surface area contributed by atoms with Gasteiger partial charge in [0.05, 0.1) is 20.6 Å². The predicted molar refractivity (Wildman–Crippen MR) is 90.0 cm³/mol. The van der Waals surface area contributed by atoms with Crippen molar-refractivity contribution in [1.82, 2.24) is 9.55 Å². The summed E-state index contributed by atoms with van der Waals surface area (Å²) in [5, 5.41) is 0. The lowest BCUT2D eigenvalue weighted by molar-refractivity contribution is 0.612. The second-order valence-electron chi connectivity index (χ2n) is 4.81. The van der Waals surface area contributed by atoms with Crippen LogP contribution in [0.1, 0.15) is 18.5 Å². The monoisotopic (exact) mass is 416 g/mol. The molecule has 3 aromatic rings. The zero-order valence-corrected chi connectivity index (χ0v) is 14.0. The molecule has 2 aromatic carbocycles. The smallest absolute Gasteiger partial charge is 0.178 e. The van der Waals surface area contributed by atoms with Crippen LogP contribution in [0.4, 0.5) is 8.78 Å². The van der Waals surface area contributed by atoms with Gasteiger partial charge in [0.1, 0.15) is 11.6 Å². The first-order valence-electron chi connectivity index (χ1n) is 6.32. The van der Waals surface area contributed by atoms with Crippen LogP contribution >= 0.6 is 34.8 Å². The lowest BCUT2D eigenvalue weighted by Crippen LogP contribution is -2.07. The largest absolute Gasteiger partial charge is 0.331 e. The topological polar surface area (TPSA) is 20.7 Å². The SMILES string of the molecule is CC(c1ccc(F)cc1)n1c(=S)[nH]c2cc(I)c(F)cc21. The molecule has 2 nitrogen and oxygen atoms in total. The van der Waals surface area contributed by atoms with E-state index in [-0.39, 0.29) is 17.7 Å². The fraction of sp³-hybridized carbons (Fsp3) is 0.133. The van der Waals surface area contributed by atoms with Crippen LogP contribution < -0.4 is 0 Å². The number of fused-ring (bicyclic) bond motifs is 1. The van der Waals surface area contributed by atoms with Crippen LogP contribution in [0.15, 0.2) is 36.4 Å². The molecule has 21 heavy (non-hydrogen) atoms. The highest BCUT2D eigenvalue weighted by atomic mass is 127. The van der Waals surface area contributed by atoms with Gasteiger partial charge in [-0.3, -0.25) is 0 Å². The number of rotatable bonds is 2. The molecule has 0 saturated heterocycles. The molecule has 1 aromatic heterocycles. The first kappa shape index (κ1) is 14.6. The summed E-state index contributed by atoms with van der Waals surface area (Å²) < 4.78 is 29.8. The van der Waals surface area contributed by atoms with Gasteiger partial charge in [0, 0.05) is 6.07 Å². The number of nitrogens with zero attached hydrogens (tertiary/aromatic N) is 1. The van der Waals surface area contributed by atoms with E-state index in [9.17, 15) is 8.78 Å². The number of aromatic nitrogens is 2. The maximum Gasteiger partial charge on any atom is 0.178 e. The van der Waals surface area contributed by atoms with Crippen LogP contribution in [0.5, 0.6) is 0 Å². The van der Waals surface area contributed by atoms with Crippen LogP contribution in [0.2, 0.25) is 0 Å². The normalized spacial score (nSPS) is 12.8. The number of hydrogen-bond acceptors (Lipinski definition) is 1. The summed E-state index contributed by atoms with van der Waals surface area (Å²) in [4.78, 5) is 3.09. The molecule has 108 valence electrons. The average molecular weight is 416 g/mol. The summed E-state index contributed by atoms with van der Waals surface area (Å²) in [5.41, 5.74) is 2.40. The molecule has 0 spiro atoms. The number of halogens is 3. The van der Waals surface area contributed by atoms with E-state index < -0.39 is 0 Å². The van der Waals surface area contributed by atoms with E-state index >= 15 is 0 Å². The maximum absolute atomic E-state index is 13.8. The van der Waals surface area contributed by atoms with Crippen LogP contribution in [0.25, 0.3) is 11.0 Å². The zero-order valence-electron chi connectivity index (χ0n) is 11.0. The van der Waals surface area contributed by atoms with Crippen molar-refractivity contribution in [2.24, 2.45) is 0 Å². The Labute approximate surface area is 138 Å². The lowest BCUT2D eigenvalue weighted by atomic mass is 10.1. The molecule has 0 saturated carbocycles. The fourth-order valence-corrected chi connectivity index (χ4v) is 3.23. The number of nitrogens with one attached hydrogen (secondary N) is 1. The lowest BCUT2D eigenvalue weighted by Gasteiger charge is -2.15. The molecular formula is C15H11F2IN2S. The Balaban J connectivity index is 2.19. The van der Waals surface area contributed by atoms with Gasteiger partial charge in [-0.05, 0) is 65.5 Å². The number of H-pyrrole nitrogens is 1. The fourth-order valence-electron chi connectivity index (χ4n) is 2.40. The van der Waals surface area contributed by atoms with Gasteiger partial charge in [0.25, 0.3) is 0 Å². The quantitative estimate of drug-likeness (QED) is 0.451. The highest BCUT2D eigenvalue weighted by molar-refractivity contribution is 14.1. The van der Waals surface area contributed by atoms with Crippen LogP contribution in [0.3, 0.4) is 0 Å². The Morgan fingerprint density at radius 2 is 1.86 bits per heavy atom. The summed E-state index contributed by atoms with van der Waals surface area (Å²) in [7, 11) is 0. The van der Waals surface area contributed by atoms with E-state index in [1.165, 1.54) is 18.2 Å². The van der Waals surface area contributed by atoms with Crippen LogP contribution in [-0.4, -0.2) is 9.55 Å². The van der Waals surface area contributed by atoms with Gasteiger partial charge in [0.15, 0.2) is 4.77 Å². The molecule has 0 bridgehead atoms. The van der Waals surface area contributed by atoms with Gasteiger partial charge in [0.2, 0.25) is 0 Å². The molecule has 1 atom stereocenters. The van der Waals surface area contributed by atoms with Gasteiger partial charge >= 0.3 is 0 Å². The summed E-state index contributed by atoms with van der Waals surface area (Å²) in [5.74, 6) is -0.564. The van der Waals surface area contributed by atoms with Crippen molar-refractivity contribution in [3.63, 3.8) is 0 Å². The van der Waals surface area contributed by atoms with E-state index in [4.69, 9.17) is 12.2 Å². The second-order valence-corrected chi connectivity index (χ2v) is 6.36. The molecule has 0 amide bonds. The molecule has 0 fully saturated rings. The molecule has 3 rings (SSSR count). The van der Waals surface area contributed by atoms with Gasteiger partial charge < -0.3 is 9.55 Å². The Bertz CT molecular complexity index is 868. The van der Waals surface area contributed by atoms with Crippen LogP contribution in [0, 0.1) is 20.0 Å². The van der Waals surface area contributed by atoms with E-state index in [0.717, 1.165) is 11.1 Å². The molecule has 1 N–H and O–H groups in total. The average Bonchev–Trinajstić information content (AvgIpc) is 2.75. The highest BCUT2D eigenvalue weighted by Crippen LogP contribution is 2.27. The number of imidazole rings is 1. The van der Waals surface area contributed by atoms with Crippen LogP contribution in [-0.2, 0) is 0 Å². The van der Waals surface area contributed by atoms with Crippen molar-refractivity contribution in [3.8, 4) is 0 Å². The summed E-state index contributed by atoms with van der Waals surface area (Å²) in [6.45, 7) is 1.95. The minimum absolute atomic E-state index is 0.119. The number of aromatic amines is 1. The second kappa shape index (κ2) is 5.49. The third-order valence-corrected chi connectivity index (χ3v) is 4.62. The van der Waals surface area contributed by atoms with Crippen molar-refractivity contribution in [3.05, 3.63) is 61.9 Å². The minimum atomic E-state index is -0.283. The third-order valence-electron chi connectivity index (χ3n) is 3.50. The molecule has 0 radical (unpaired) electrons. The van der Waals surface area contributed by atoms with Gasteiger partial charge in [-0.2, -0.15) is 0 Å². The maximum atomic E-state index is 13.8. The Morgan fingerprint density at radius 3 is 2.52 bits per heavy atom. The van der Waals surface area contributed by atoms with Crippen molar-refractivity contribution in [2.75, 3.05) is 0 Å². The zero-order chi connectivity index (χ0) is 15.1. The van der Waals surface area contributed by atoms with Gasteiger partial charge in [-0.25, -0.2) is 8.78 Å². The molecular weight excluding hydrogens is 405 g/mol. The first-order chi connectivity index (χ1) is 9.97. The predicted octanol–water partition coefficient (Wildman–Crippen LogP) is 5.19. The van der Waals surface area contributed by atoms with E-state index in [0.29, 0.717) is 13.9 Å². The third kappa shape index (κ3) is 2.62. The van der Waals surface area contributed by atoms with E-state index in [1.807, 2.05) is 34.1 Å². The van der Waals surface area contributed by atoms with E-state index in [2.05, 4.69) is 4.98 Å². The summed E-state index contributed by atoms with van der Waals surface area (Å²) >= 11 is 7.30. The molecule has 0 aliphatic rings. The molecule has 0 aliphatic heterocycles. The minimum Gasteiger partial charge on any atom is -0.331 e. The Hall–Kier alpha value is -1.28. The summed E-state index contributed by atoms with van der Waals surface area (Å²) in [6.07, 6.45) is 0. The van der Waals surface area contributed by atoms with Gasteiger partial charge in [-0.1, -0.05) is 12.1 Å². The number of benzene rings is 2. The Kier molecular flexibility index (Phi) is 3.83. The van der Waals surface area contributed by atoms with Crippen molar-refractivity contribution in [1.29, 1.82) is 0 Å². The molecule has 1 heterocycles. The van der Waals surface area contributed by atoms with Crippen molar-refractivity contribution >= 4 is 45.8 Å². The first-order valence-corrected chi connectivity index (χ1v) is 7.81. The summed E-state index contributed by atoms with van der Waals surface area (Å²) in [6, 6.07) is 9.33.